The molecule has 1 rings (SSSR count). The zero-order valence-corrected chi connectivity index (χ0v) is 7.95. The maximum absolute atomic E-state index is 10.7. The van der Waals surface area contributed by atoms with E-state index < -0.39 is 10.8 Å². The van der Waals surface area contributed by atoms with Crippen molar-refractivity contribution in [2.45, 2.75) is 31.7 Å². The summed E-state index contributed by atoms with van der Waals surface area (Å²) < 4.78 is 10.7. The maximum Gasteiger partial charge on any atom is 0.0244 e. The molecule has 0 amide bonds. The van der Waals surface area contributed by atoms with Gasteiger partial charge in [-0.1, -0.05) is 6.42 Å². The van der Waals surface area contributed by atoms with Gasteiger partial charge < -0.3 is 5.32 Å². The molecule has 0 bridgehead atoms. The zero-order valence-electron chi connectivity index (χ0n) is 7.14. The molecule has 1 aliphatic rings. The van der Waals surface area contributed by atoms with Gasteiger partial charge >= 0.3 is 0 Å². The fraction of sp³-hybridized carbons (Fsp3) is 1.00. The van der Waals surface area contributed by atoms with E-state index >= 15 is 0 Å². The molecule has 0 spiro atoms. The average Bonchev–Trinajstić information content (AvgIpc) is 1.82. The smallest absolute Gasteiger partial charge is 0.0244 e. The highest BCUT2D eigenvalue weighted by molar-refractivity contribution is 7.84. The summed E-state index contributed by atoms with van der Waals surface area (Å²) in [6.07, 6.45) is 6.89. The Hall–Kier alpha value is 0.110. The second-order valence-electron chi connectivity index (χ2n) is 3.21. The lowest BCUT2D eigenvalue weighted by Crippen LogP contribution is -2.35. The molecule has 0 radical (unpaired) electrons. The van der Waals surface area contributed by atoms with Crippen LogP contribution in [0.2, 0.25) is 0 Å². The molecule has 1 aliphatic carbocycles. The molecule has 1 atom stereocenters. The Balaban J connectivity index is 1.83. The van der Waals surface area contributed by atoms with E-state index in [0.717, 1.165) is 24.8 Å². The van der Waals surface area contributed by atoms with Crippen molar-refractivity contribution < 1.29 is 4.21 Å². The van der Waals surface area contributed by atoms with Crippen LogP contribution in [0.3, 0.4) is 0 Å². The second kappa shape index (κ2) is 4.88. The van der Waals surface area contributed by atoms with Crippen LogP contribution in [0, 0.1) is 0 Å². The minimum Gasteiger partial charge on any atom is -0.314 e. The van der Waals surface area contributed by atoms with Crippen LogP contribution in [-0.2, 0) is 10.8 Å². The normalized spacial score (nSPS) is 21.2. The Morgan fingerprint density at radius 2 is 2.27 bits per heavy atom. The van der Waals surface area contributed by atoms with E-state index in [-0.39, 0.29) is 0 Å². The van der Waals surface area contributed by atoms with E-state index in [1.807, 2.05) is 0 Å². The molecule has 11 heavy (non-hydrogen) atoms. The summed E-state index contributed by atoms with van der Waals surface area (Å²) in [6, 6.07) is 0.778. The zero-order chi connectivity index (χ0) is 8.10. The molecule has 0 saturated heterocycles. The first-order valence-corrected chi connectivity index (χ1v) is 6.05. The van der Waals surface area contributed by atoms with E-state index in [9.17, 15) is 4.21 Å². The summed E-state index contributed by atoms with van der Waals surface area (Å²) in [7, 11) is -0.604. The van der Waals surface area contributed by atoms with Crippen LogP contribution in [0.1, 0.15) is 25.7 Å². The Bertz CT molecular complexity index is 134. The van der Waals surface area contributed by atoms with Gasteiger partial charge in [0.2, 0.25) is 0 Å². The molecule has 0 aromatic heterocycles. The lowest BCUT2D eigenvalue weighted by molar-refractivity contribution is 0.341. The summed E-state index contributed by atoms with van der Waals surface area (Å²) >= 11 is 0. The van der Waals surface area contributed by atoms with Crippen molar-refractivity contribution in [2.75, 3.05) is 18.6 Å². The first-order chi connectivity index (χ1) is 5.29. The topological polar surface area (TPSA) is 29.1 Å². The SMILES string of the molecule is CS(=O)CCCNC1CCC1. The molecule has 0 heterocycles. The largest absolute Gasteiger partial charge is 0.314 e. The lowest BCUT2D eigenvalue weighted by Gasteiger charge is -2.26. The van der Waals surface area contributed by atoms with Crippen LogP contribution in [0.5, 0.6) is 0 Å². The molecular weight excluding hydrogens is 158 g/mol. The summed E-state index contributed by atoms with van der Waals surface area (Å²) in [6.45, 7) is 1.05. The Morgan fingerprint density at radius 3 is 2.73 bits per heavy atom. The van der Waals surface area contributed by atoms with Crippen LogP contribution < -0.4 is 5.32 Å². The van der Waals surface area contributed by atoms with Crippen LogP contribution >= 0.6 is 0 Å². The monoisotopic (exact) mass is 175 g/mol. The summed E-state index contributed by atoms with van der Waals surface area (Å²) in [5, 5.41) is 3.44. The van der Waals surface area contributed by atoms with Crippen LogP contribution in [0.4, 0.5) is 0 Å². The Labute approximate surface area is 71.2 Å². The lowest BCUT2D eigenvalue weighted by atomic mass is 9.93. The van der Waals surface area contributed by atoms with Gasteiger partial charge in [-0.3, -0.25) is 4.21 Å². The van der Waals surface area contributed by atoms with Gasteiger partial charge in [0.15, 0.2) is 0 Å². The molecule has 1 unspecified atom stereocenters. The fourth-order valence-electron chi connectivity index (χ4n) is 1.19. The quantitative estimate of drug-likeness (QED) is 0.629. The van der Waals surface area contributed by atoms with Gasteiger partial charge in [0.1, 0.15) is 0 Å². The molecular formula is C8H17NOS. The van der Waals surface area contributed by atoms with Crippen molar-refractivity contribution in [3.8, 4) is 0 Å². The Morgan fingerprint density at radius 1 is 1.55 bits per heavy atom. The van der Waals surface area contributed by atoms with Gasteiger partial charge in [0, 0.05) is 28.9 Å². The maximum atomic E-state index is 10.7. The number of hydrogen-bond acceptors (Lipinski definition) is 2. The first kappa shape index (κ1) is 9.20. The van der Waals surface area contributed by atoms with E-state index in [1.54, 1.807) is 6.26 Å². The van der Waals surface area contributed by atoms with E-state index in [2.05, 4.69) is 5.32 Å². The predicted molar refractivity (Wildman–Crippen MR) is 49.2 cm³/mol. The second-order valence-corrected chi connectivity index (χ2v) is 4.77. The van der Waals surface area contributed by atoms with Crippen LogP contribution in [0.25, 0.3) is 0 Å². The van der Waals surface area contributed by atoms with Gasteiger partial charge in [-0.15, -0.1) is 0 Å². The van der Waals surface area contributed by atoms with Gasteiger partial charge in [0.05, 0.1) is 0 Å². The fourth-order valence-corrected chi connectivity index (χ4v) is 1.74. The van der Waals surface area contributed by atoms with Gasteiger partial charge in [-0.05, 0) is 25.8 Å². The third-order valence-corrected chi connectivity index (χ3v) is 3.01. The van der Waals surface area contributed by atoms with Crippen molar-refractivity contribution in [1.82, 2.24) is 5.32 Å². The van der Waals surface area contributed by atoms with Crippen molar-refractivity contribution in [3.63, 3.8) is 0 Å². The van der Waals surface area contributed by atoms with Crippen LogP contribution in [0.15, 0.2) is 0 Å². The van der Waals surface area contributed by atoms with E-state index in [0.29, 0.717) is 0 Å². The molecule has 1 saturated carbocycles. The first-order valence-electron chi connectivity index (χ1n) is 4.32. The van der Waals surface area contributed by atoms with Crippen LogP contribution in [-0.4, -0.2) is 28.8 Å². The molecule has 3 heteroatoms. The standard InChI is InChI=1S/C8H17NOS/c1-11(10)7-3-6-9-8-4-2-5-8/h8-9H,2-7H2,1H3. The van der Waals surface area contributed by atoms with Gasteiger partial charge in [0.25, 0.3) is 0 Å². The molecule has 0 aliphatic heterocycles. The molecule has 1 fully saturated rings. The summed E-state index contributed by atoms with van der Waals surface area (Å²) in [5.74, 6) is 0.847. The van der Waals surface area contributed by atoms with Gasteiger partial charge in [-0.25, -0.2) is 0 Å². The molecule has 0 aromatic carbocycles. The minimum absolute atomic E-state index is 0.604. The third kappa shape index (κ3) is 3.87. The van der Waals surface area contributed by atoms with Crippen molar-refractivity contribution in [1.29, 1.82) is 0 Å². The van der Waals surface area contributed by atoms with Crippen molar-refractivity contribution >= 4 is 10.8 Å². The summed E-state index contributed by atoms with van der Waals surface area (Å²) in [4.78, 5) is 0. The third-order valence-electron chi connectivity index (χ3n) is 2.15. The predicted octanol–water partition coefficient (Wildman–Crippen LogP) is 0.897. The molecule has 1 N–H and O–H groups in total. The van der Waals surface area contributed by atoms with E-state index in [1.165, 1.54) is 19.3 Å². The summed E-state index contributed by atoms with van der Waals surface area (Å²) in [5.41, 5.74) is 0. The highest BCUT2D eigenvalue weighted by Crippen LogP contribution is 2.17. The molecule has 66 valence electrons. The molecule has 2 nitrogen and oxygen atoms in total. The highest BCUT2D eigenvalue weighted by atomic mass is 32.2. The average molecular weight is 175 g/mol. The number of nitrogens with one attached hydrogen (secondary N) is 1. The number of hydrogen-bond donors (Lipinski definition) is 1. The highest BCUT2D eigenvalue weighted by Gasteiger charge is 2.15. The Kier molecular flexibility index (Phi) is 4.08. The van der Waals surface area contributed by atoms with Gasteiger partial charge in [-0.2, -0.15) is 0 Å². The molecule has 0 aromatic rings. The van der Waals surface area contributed by atoms with Crippen molar-refractivity contribution in [3.05, 3.63) is 0 Å². The minimum atomic E-state index is -0.604. The van der Waals surface area contributed by atoms with E-state index in [4.69, 9.17) is 0 Å². The number of rotatable bonds is 5. The van der Waals surface area contributed by atoms with Crippen molar-refractivity contribution in [2.24, 2.45) is 0 Å².